The molecule has 0 aliphatic heterocycles. The smallest absolute Gasteiger partial charge is 0.306 e. The summed E-state index contributed by atoms with van der Waals surface area (Å²) < 4.78 is 12.0. The topological polar surface area (TPSA) is 55.8 Å². The van der Waals surface area contributed by atoms with Crippen LogP contribution in [0.2, 0.25) is 0 Å². The molecule has 3 saturated carbocycles. The summed E-state index contributed by atoms with van der Waals surface area (Å²) in [6, 6.07) is 16.7. The lowest BCUT2D eigenvalue weighted by Crippen LogP contribution is -2.29. The first-order valence-corrected chi connectivity index (χ1v) is 17.1. The van der Waals surface area contributed by atoms with Gasteiger partial charge in [0.1, 0.15) is 11.5 Å². The maximum Gasteiger partial charge on any atom is 0.306 e. The van der Waals surface area contributed by atoms with Gasteiger partial charge in [-0.1, -0.05) is 86.1 Å². The minimum absolute atomic E-state index is 0.0414. The summed E-state index contributed by atoms with van der Waals surface area (Å²) >= 11 is 0. The number of carboxylic acid groups (broad SMARTS) is 1. The molecule has 3 aliphatic carbocycles. The van der Waals surface area contributed by atoms with E-state index in [1.54, 1.807) is 0 Å². The monoisotopic (exact) mass is 592 g/mol. The molecule has 0 amide bonds. The lowest BCUT2D eigenvalue weighted by Gasteiger charge is -2.27. The molecule has 0 bridgehead atoms. The molecule has 4 nitrogen and oxygen atoms in total. The molecule has 0 saturated heterocycles. The van der Waals surface area contributed by atoms with Crippen LogP contribution in [0.1, 0.15) is 143 Å². The molecule has 3 aliphatic rings. The predicted molar refractivity (Wildman–Crippen MR) is 179 cm³/mol. The Morgan fingerprint density at radius 1 is 0.698 bits per heavy atom. The van der Waals surface area contributed by atoms with E-state index in [1.165, 1.54) is 49.7 Å². The van der Waals surface area contributed by atoms with Crippen LogP contribution in [-0.2, 0) is 4.79 Å². The van der Waals surface area contributed by atoms with E-state index in [9.17, 15) is 4.79 Å². The van der Waals surface area contributed by atoms with Crippen molar-refractivity contribution in [1.29, 1.82) is 0 Å². The average molecular weight is 593 g/mol. The molecule has 43 heavy (non-hydrogen) atoms. The van der Waals surface area contributed by atoms with Crippen molar-refractivity contribution < 1.29 is 19.4 Å². The Morgan fingerprint density at radius 2 is 1.14 bits per heavy atom. The molecule has 2 aromatic rings. The summed E-state index contributed by atoms with van der Waals surface area (Å²) in [5, 5.41) is 9.06. The number of carboxylic acids is 1. The highest BCUT2D eigenvalue weighted by Gasteiger charge is 2.33. The van der Waals surface area contributed by atoms with Crippen LogP contribution in [0.3, 0.4) is 0 Å². The normalized spacial score (nSPS) is 23.9. The van der Waals surface area contributed by atoms with E-state index in [-0.39, 0.29) is 12.0 Å². The number of hydrogen-bond donors (Lipinski definition) is 1. The van der Waals surface area contributed by atoms with Crippen molar-refractivity contribution >= 4 is 5.97 Å². The molecule has 4 atom stereocenters. The Bertz CT molecular complexity index is 1080. The SMILES string of the molecule is CC(C)(C)C1CC1.CC(C)c1ccc(O[C@@H]2CCC[C@H](C(=O)O)C2)cc1.CC(C)c1ccc(O[C@H]2CCC[C@H](C)C2)cc1. The van der Waals surface area contributed by atoms with Gasteiger partial charge in [0.2, 0.25) is 0 Å². The zero-order chi connectivity index (χ0) is 31.6. The van der Waals surface area contributed by atoms with Gasteiger partial charge in [0.05, 0.1) is 18.1 Å². The summed E-state index contributed by atoms with van der Waals surface area (Å²) in [4.78, 5) is 11.0. The van der Waals surface area contributed by atoms with Crippen LogP contribution in [0.25, 0.3) is 0 Å². The summed E-state index contributed by atoms with van der Waals surface area (Å²) in [7, 11) is 0. The quantitative estimate of drug-likeness (QED) is 0.347. The molecule has 0 radical (unpaired) electrons. The largest absolute Gasteiger partial charge is 0.490 e. The Balaban J connectivity index is 0.000000194. The minimum Gasteiger partial charge on any atom is -0.490 e. The van der Waals surface area contributed by atoms with E-state index in [2.05, 4.69) is 91.8 Å². The number of ether oxygens (including phenoxy) is 2. The molecule has 3 fully saturated rings. The van der Waals surface area contributed by atoms with Crippen molar-refractivity contribution in [2.24, 2.45) is 23.2 Å². The molecule has 240 valence electrons. The number of carbonyl (C=O) groups is 1. The van der Waals surface area contributed by atoms with Gasteiger partial charge in [-0.15, -0.1) is 0 Å². The fourth-order valence-electron chi connectivity index (χ4n) is 6.16. The Labute approximate surface area is 263 Å². The second kappa shape index (κ2) is 16.5. The van der Waals surface area contributed by atoms with Crippen molar-refractivity contribution in [2.75, 3.05) is 0 Å². The van der Waals surface area contributed by atoms with E-state index in [0.29, 0.717) is 29.8 Å². The van der Waals surface area contributed by atoms with Crippen molar-refractivity contribution in [1.82, 2.24) is 0 Å². The van der Waals surface area contributed by atoms with E-state index < -0.39 is 5.97 Å². The Hall–Kier alpha value is -2.49. The Kier molecular flexibility index (Phi) is 13.5. The maximum atomic E-state index is 11.0. The fraction of sp³-hybridized carbons (Fsp3) is 0.667. The van der Waals surface area contributed by atoms with Crippen molar-refractivity contribution in [3.05, 3.63) is 59.7 Å². The van der Waals surface area contributed by atoms with Gasteiger partial charge < -0.3 is 14.6 Å². The van der Waals surface area contributed by atoms with Gasteiger partial charge in [-0.3, -0.25) is 4.79 Å². The minimum atomic E-state index is -0.691. The molecule has 4 heteroatoms. The molecule has 2 aromatic carbocycles. The van der Waals surface area contributed by atoms with Crippen LogP contribution in [-0.4, -0.2) is 23.3 Å². The summed E-state index contributed by atoms with van der Waals surface area (Å²) in [5.41, 5.74) is 3.29. The van der Waals surface area contributed by atoms with Crippen molar-refractivity contribution in [2.45, 2.75) is 144 Å². The Morgan fingerprint density at radius 3 is 1.49 bits per heavy atom. The zero-order valence-electron chi connectivity index (χ0n) is 28.4. The predicted octanol–water partition coefficient (Wildman–Crippen LogP) is 11.0. The first kappa shape index (κ1) is 35.0. The maximum absolute atomic E-state index is 11.0. The number of benzene rings is 2. The van der Waals surface area contributed by atoms with Gasteiger partial charge in [0, 0.05) is 0 Å². The van der Waals surface area contributed by atoms with Crippen LogP contribution >= 0.6 is 0 Å². The highest BCUT2D eigenvalue weighted by Crippen LogP contribution is 2.44. The summed E-state index contributed by atoms with van der Waals surface area (Å²) in [6.07, 6.45) is 11.8. The third kappa shape index (κ3) is 12.6. The van der Waals surface area contributed by atoms with E-state index in [1.807, 2.05) is 12.1 Å². The lowest BCUT2D eigenvalue weighted by atomic mass is 9.87. The zero-order valence-corrected chi connectivity index (χ0v) is 28.4. The van der Waals surface area contributed by atoms with Gasteiger partial charge in [-0.25, -0.2) is 0 Å². The van der Waals surface area contributed by atoms with E-state index >= 15 is 0 Å². The van der Waals surface area contributed by atoms with Crippen LogP contribution in [0.5, 0.6) is 11.5 Å². The molecule has 0 heterocycles. The molecule has 0 spiro atoms. The van der Waals surface area contributed by atoms with Gasteiger partial charge in [0.15, 0.2) is 0 Å². The van der Waals surface area contributed by atoms with Crippen LogP contribution in [0.4, 0.5) is 0 Å². The average Bonchev–Trinajstić information content (AvgIpc) is 3.81. The second-order valence-corrected chi connectivity index (χ2v) is 15.0. The molecule has 0 aromatic heterocycles. The third-order valence-electron chi connectivity index (χ3n) is 9.36. The molecule has 0 unspecified atom stereocenters. The van der Waals surface area contributed by atoms with Crippen LogP contribution in [0, 0.1) is 23.2 Å². The van der Waals surface area contributed by atoms with Gasteiger partial charge in [-0.2, -0.15) is 0 Å². The van der Waals surface area contributed by atoms with Gasteiger partial charge >= 0.3 is 5.97 Å². The van der Waals surface area contributed by atoms with E-state index in [0.717, 1.165) is 42.6 Å². The van der Waals surface area contributed by atoms with Crippen LogP contribution < -0.4 is 9.47 Å². The highest BCUT2D eigenvalue weighted by atomic mass is 16.5. The number of rotatable bonds is 7. The molecule has 1 N–H and O–H groups in total. The molecule has 5 rings (SSSR count). The fourth-order valence-corrected chi connectivity index (χ4v) is 6.16. The van der Waals surface area contributed by atoms with Crippen molar-refractivity contribution in [3.8, 4) is 11.5 Å². The van der Waals surface area contributed by atoms with E-state index in [4.69, 9.17) is 14.6 Å². The summed E-state index contributed by atoms with van der Waals surface area (Å²) in [6.45, 7) is 18.1. The first-order chi connectivity index (χ1) is 20.3. The molecular formula is C39H60O4. The number of aliphatic carboxylic acids is 1. The third-order valence-corrected chi connectivity index (χ3v) is 9.36. The number of hydrogen-bond acceptors (Lipinski definition) is 3. The van der Waals surface area contributed by atoms with Gasteiger partial charge in [-0.05, 0) is 122 Å². The lowest BCUT2D eigenvalue weighted by molar-refractivity contribution is -0.143. The van der Waals surface area contributed by atoms with Crippen molar-refractivity contribution in [3.63, 3.8) is 0 Å². The highest BCUT2D eigenvalue weighted by molar-refractivity contribution is 5.70. The standard InChI is InChI=1S/C16H22O3.C16H24O.C7H14/c1-11(2)12-6-8-14(9-7-12)19-15-5-3-4-13(10-15)16(17)18;1-12(2)14-7-9-15(10-8-14)17-16-6-4-5-13(3)11-16;1-7(2,3)6-4-5-6/h6-9,11,13,15H,3-5,10H2,1-2H3,(H,17,18);7-10,12-13,16H,4-6,11H2,1-3H3;6H,4-5H2,1-3H3/t13-,15+;13-,16-;/m00./s1. The van der Waals surface area contributed by atoms with Crippen LogP contribution in [0.15, 0.2) is 48.5 Å². The summed E-state index contributed by atoms with van der Waals surface area (Å²) in [5.74, 6) is 3.93. The van der Waals surface area contributed by atoms with Gasteiger partial charge in [0.25, 0.3) is 0 Å². The molecular weight excluding hydrogens is 532 g/mol. The second-order valence-electron chi connectivity index (χ2n) is 15.0. The first-order valence-electron chi connectivity index (χ1n) is 17.1.